The number of anilines is 1. The van der Waals surface area contributed by atoms with E-state index in [-0.39, 0.29) is 12.3 Å². The number of rotatable bonds is 7. The molecular formula is C21H16FN3O4S. The van der Waals surface area contributed by atoms with Gasteiger partial charge >= 0.3 is 0 Å². The molecule has 4 aromatic rings. The van der Waals surface area contributed by atoms with Gasteiger partial charge in [0, 0.05) is 11.3 Å². The van der Waals surface area contributed by atoms with E-state index >= 15 is 0 Å². The number of hydrogen-bond donors (Lipinski definition) is 1. The van der Waals surface area contributed by atoms with Crippen LogP contribution >= 0.6 is 0 Å². The maximum Gasteiger partial charge on any atom is 0.264 e. The molecule has 1 aromatic heterocycles. The largest absolute Gasteiger partial charge is 0.484 e. The van der Waals surface area contributed by atoms with Crippen LogP contribution in [0.1, 0.15) is 5.89 Å². The summed E-state index contributed by atoms with van der Waals surface area (Å²) < 4.78 is 51.9. The lowest BCUT2D eigenvalue weighted by molar-refractivity contribution is 0.264. The maximum absolute atomic E-state index is 13.8. The first-order valence-electron chi connectivity index (χ1n) is 8.89. The molecule has 7 nitrogen and oxygen atoms in total. The second kappa shape index (κ2) is 8.34. The summed E-state index contributed by atoms with van der Waals surface area (Å²) in [6.07, 6.45) is 0. The predicted octanol–water partition coefficient (Wildman–Crippen LogP) is 4.26. The first-order valence-corrected chi connectivity index (χ1v) is 10.4. The van der Waals surface area contributed by atoms with Crippen molar-refractivity contribution in [2.75, 3.05) is 4.72 Å². The lowest BCUT2D eigenvalue weighted by Crippen LogP contribution is -2.14. The molecule has 0 aliphatic carbocycles. The molecule has 0 fully saturated rings. The van der Waals surface area contributed by atoms with E-state index < -0.39 is 20.7 Å². The fourth-order valence-electron chi connectivity index (χ4n) is 2.65. The molecule has 30 heavy (non-hydrogen) atoms. The lowest BCUT2D eigenvalue weighted by Gasteiger charge is -2.09. The Morgan fingerprint density at radius 3 is 2.33 bits per heavy atom. The van der Waals surface area contributed by atoms with Gasteiger partial charge in [-0.25, -0.2) is 12.8 Å². The molecule has 4 rings (SSSR count). The number of hydrogen-bond acceptors (Lipinski definition) is 6. The molecule has 152 valence electrons. The van der Waals surface area contributed by atoms with Crippen molar-refractivity contribution in [2.45, 2.75) is 11.5 Å². The highest BCUT2D eigenvalue weighted by molar-refractivity contribution is 7.92. The normalized spacial score (nSPS) is 11.2. The van der Waals surface area contributed by atoms with E-state index in [0.717, 1.165) is 11.6 Å². The van der Waals surface area contributed by atoms with Crippen molar-refractivity contribution in [1.29, 1.82) is 0 Å². The monoisotopic (exact) mass is 425 g/mol. The molecule has 0 radical (unpaired) electrons. The van der Waals surface area contributed by atoms with Crippen LogP contribution in [-0.2, 0) is 16.6 Å². The zero-order valence-corrected chi connectivity index (χ0v) is 16.3. The fourth-order valence-corrected chi connectivity index (χ4v) is 3.79. The highest BCUT2D eigenvalue weighted by Crippen LogP contribution is 2.22. The minimum Gasteiger partial charge on any atom is -0.484 e. The van der Waals surface area contributed by atoms with Gasteiger partial charge < -0.3 is 9.15 Å². The second-order valence-electron chi connectivity index (χ2n) is 6.22. The Hall–Kier alpha value is -3.72. The summed E-state index contributed by atoms with van der Waals surface area (Å²) in [6.45, 7) is 0.0557. The summed E-state index contributed by atoms with van der Waals surface area (Å²) in [7, 11) is -4.03. The third-order valence-corrected chi connectivity index (χ3v) is 5.50. The number of nitrogens with one attached hydrogen (secondary N) is 1. The maximum atomic E-state index is 13.8. The van der Waals surface area contributed by atoms with E-state index in [1.54, 1.807) is 12.1 Å². The average Bonchev–Trinajstić information content (AvgIpc) is 3.23. The minimum absolute atomic E-state index is 0.0557. The molecule has 0 aliphatic heterocycles. The van der Waals surface area contributed by atoms with Crippen molar-refractivity contribution in [3.05, 3.63) is 90.6 Å². The third-order valence-electron chi connectivity index (χ3n) is 4.08. The molecule has 0 saturated heterocycles. The SMILES string of the molecule is O=S(=O)(Nc1ccc(OCc2nnc(-c3ccccc3)o2)cc1)c1ccccc1F. The van der Waals surface area contributed by atoms with Crippen LogP contribution in [0.15, 0.2) is 88.2 Å². The van der Waals surface area contributed by atoms with Crippen molar-refractivity contribution in [3.63, 3.8) is 0 Å². The highest BCUT2D eigenvalue weighted by atomic mass is 32.2. The minimum atomic E-state index is -4.03. The fraction of sp³-hybridized carbons (Fsp3) is 0.0476. The zero-order chi connectivity index (χ0) is 21.0. The number of sulfonamides is 1. The average molecular weight is 425 g/mol. The van der Waals surface area contributed by atoms with Gasteiger partial charge in [-0.1, -0.05) is 30.3 Å². The molecule has 0 atom stereocenters. The molecule has 1 heterocycles. The summed E-state index contributed by atoms with van der Waals surface area (Å²) >= 11 is 0. The van der Waals surface area contributed by atoms with E-state index in [1.807, 2.05) is 30.3 Å². The van der Waals surface area contributed by atoms with Crippen LogP contribution in [-0.4, -0.2) is 18.6 Å². The van der Waals surface area contributed by atoms with Gasteiger partial charge in [0.15, 0.2) is 6.61 Å². The summed E-state index contributed by atoms with van der Waals surface area (Å²) in [5.74, 6) is 0.355. The zero-order valence-electron chi connectivity index (χ0n) is 15.5. The molecule has 0 unspecified atom stereocenters. The van der Waals surface area contributed by atoms with E-state index in [1.165, 1.54) is 30.3 Å². The Bertz CT molecular complexity index is 1240. The van der Waals surface area contributed by atoms with Gasteiger partial charge in [-0.3, -0.25) is 4.72 Å². The molecular weight excluding hydrogens is 409 g/mol. The van der Waals surface area contributed by atoms with Crippen LogP contribution in [0.2, 0.25) is 0 Å². The summed E-state index contributed by atoms with van der Waals surface area (Å²) in [4.78, 5) is -0.420. The third kappa shape index (κ3) is 4.47. The Balaban J connectivity index is 1.39. The van der Waals surface area contributed by atoms with Crippen LogP contribution in [0, 0.1) is 5.82 Å². The van der Waals surface area contributed by atoms with E-state index in [4.69, 9.17) is 9.15 Å². The van der Waals surface area contributed by atoms with Crippen molar-refractivity contribution in [2.24, 2.45) is 0 Å². The number of halogens is 1. The second-order valence-corrected chi connectivity index (χ2v) is 7.87. The topological polar surface area (TPSA) is 94.3 Å². The molecule has 0 bridgehead atoms. The van der Waals surface area contributed by atoms with Crippen molar-refractivity contribution in [1.82, 2.24) is 10.2 Å². The number of benzene rings is 3. The molecule has 0 amide bonds. The Kier molecular flexibility index (Phi) is 5.44. The number of ether oxygens (including phenoxy) is 1. The van der Waals surface area contributed by atoms with Crippen LogP contribution < -0.4 is 9.46 Å². The smallest absolute Gasteiger partial charge is 0.264 e. The Morgan fingerprint density at radius 2 is 1.60 bits per heavy atom. The Morgan fingerprint density at radius 1 is 0.900 bits per heavy atom. The summed E-state index contributed by atoms with van der Waals surface area (Å²) in [5.41, 5.74) is 1.08. The molecule has 9 heteroatoms. The highest BCUT2D eigenvalue weighted by Gasteiger charge is 2.18. The summed E-state index contributed by atoms with van der Waals surface area (Å²) in [6, 6.07) is 20.7. The van der Waals surface area contributed by atoms with Crippen molar-refractivity contribution < 1.29 is 22.0 Å². The van der Waals surface area contributed by atoms with Crippen molar-refractivity contribution >= 4 is 15.7 Å². The molecule has 0 aliphatic rings. The first-order chi connectivity index (χ1) is 14.5. The predicted molar refractivity (Wildman–Crippen MR) is 108 cm³/mol. The van der Waals surface area contributed by atoms with Gasteiger partial charge in [-0.05, 0) is 48.5 Å². The van der Waals surface area contributed by atoms with E-state index in [9.17, 15) is 12.8 Å². The van der Waals surface area contributed by atoms with E-state index in [0.29, 0.717) is 17.5 Å². The van der Waals surface area contributed by atoms with Crippen LogP contribution in [0.25, 0.3) is 11.5 Å². The van der Waals surface area contributed by atoms with Crippen LogP contribution in [0.3, 0.4) is 0 Å². The van der Waals surface area contributed by atoms with Crippen molar-refractivity contribution in [3.8, 4) is 17.2 Å². The summed E-state index contributed by atoms with van der Waals surface area (Å²) in [5, 5.41) is 7.93. The molecule has 3 aromatic carbocycles. The quantitative estimate of drug-likeness (QED) is 0.476. The van der Waals surface area contributed by atoms with Gasteiger partial charge in [-0.15, -0.1) is 10.2 Å². The van der Waals surface area contributed by atoms with Gasteiger partial charge in [0.1, 0.15) is 16.5 Å². The molecule has 0 spiro atoms. The molecule has 1 N–H and O–H groups in total. The van der Waals surface area contributed by atoms with Gasteiger partial charge in [0.2, 0.25) is 5.89 Å². The van der Waals surface area contributed by atoms with Gasteiger partial charge in [0.25, 0.3) is 15.9 Å². The first kappa shape index (κ1) is 19.6. The van der Waals surface area contributed by atoms with Gasteiger partial charge in [-0.2, -0.15) is 0 Å². The van der Waals surface area contributed by atoms with E-state index in [2.05, 4.69) is 14.9 Å². The van der Waals surface area contributed by atoms with Gasteiger partial charge in [0.05, 0.1) is 0 Å². The lowest BCUT2D eigenvalue weighted by atomic mass is 10.2. The Labute approximate surface area is 172 Å². The van der Waals surface area contributed by atoms with Crippen LogP contribution in [0.5, 0.6) is 5.75 Å². The number of nitrogens with zero attached hydrogens (tertiary/aromatic N) is 2. The molecule has 0 saturated carbocycles. The number of aromatic nitrogens is 2. The van der Waals surface area contributed by atoms with Crippen LogP contribution in [0.4, 0.5) is 10.1 Å². The standard InChI is InChI=1S/C21H16FN3O4S/c22-18-8-4-5-9-19(18)30(26,27)25-16-10-12-17(13-11-16)28-14-20-23-24-21(29-20)15-6-2-1-3-7-15/h1-13,25H,14H2.